The maximum atomic E-state index is 13.5. The van der Waals surface area contributed by atoms with Gasteiger partial charge in [-0.1, -0.05) is 13.8 Å². The summed E-state index contributed by atoms with van der Waals surface area (Å²) in [5.41, 5.74) is 3.99. The number of likely N-dealkylation sites (N-methyl/N-ethyl adjacent to an activating group) is 1. The summed E-state index contributed by atoms with van der Waals surface area (Å²) < 4.78 is 7.00. The minimum absolute atomic E-state index is 0.0409. The van der Waals surface area contributed by atoms with Gasteiger partial charge in [0, 0.05) is 62.8 Å². The van der Waals surface area contributed by atoms with Crippen molar-refractivity contribution in [3.8, 4) is 17.1 Å². The lowest BCUT2D eigenvalue weighted by atomic mass is 10.0. The van der Waals surface area contributed by atoms with Gasteiger partial charge in [-0.05, 0) is 31.5 Å². The predicted octanol–water partition coefficient (Wildman–Crippen LogP) is 3.02. The molecule has 0 saturated carbocycles. The Hall–Kier alpha value is -4.03. The molecule has 206 valence electrons. The molecule has 1 aliphatic rings. The Balaban J connectivity index is 1.43. The zero-order valence-corrected chi connectivity index (χ0v) is 23.3. The monoisotopic (exact) mass is 532 g/mol. The number of pyridine rings is 1. The normalized spacial score (nSPS) is 15.6. The summed E-state index contributed by atoms with van der Waals surface area (Å²) in [7, 11) is 5.50. The summed E-state index contributed by atoms with van der Waals surface area (Å²) >= 11 is 0. The number of methoxy groups -OCH3 is 1. The highest BCUT2D eigenvalue weighted by Gasteiger charge is 2.31. The van der Waals surface area contributed by atoms with Crippen molar-refractivity contribution < 1.29 is 9.53 Å². The highest BCUT2D eigenvalue weighted by Crippen LogP contribution is 2.33. The lowest BCUT2D eigenvalue weighted by molar-refractivity contribution is -0.123. The number of anilines is 3. The summed E-state index contributed by atoms with van der Waals surface area (Å²) in [5.74, 6) is 1.51. The first-order chi connectivity index (χ1) is 18.7. The topological polar surface area (TPSA) is 129 Å². The van der Waals surface area contributed by atoms with Crippen LogP contribution in [0.15, 0.2) is 30.9 Å². The molecule has 0 aliphatic carbocycles. The van der Waals surface area contributed by atoms with E-state index in [1.54, 1.807) is 30.4 Å². The van der Waals surface area contributed by atoms with Gasteiger partial charge in [-0.2, -0.15) is 0 Å². The second-order valence-electron chi connectivity index (χ2n) is 10.4. The van der Waals surface area contributed by atoms with Crippen LogP contribution < -0.4 is 15.4 Å². The van der Waals surface area contributed by atoms with E-state index in [0.717, 1.165) is 53.9 Å². The van der Waals surface area contributed by atoms with Gasteiger partial charge in [0.2, 0.25) is 11.9 Å². The number of nitrogens with one attached hydrogen (secondary N) is 3. The fourth-order valence-corrected chi connectivity index (χ4v) is 5.13. The number of rotatable bonds is 8. The maximum Gasteiger partial charge on any atom is 0.256 e. The van der Waals surface area contributed by atoms with Gasteiger partial charge in [-0.15, -0.1) is 5.10 Å². The highest BCUT2D eigenvalue weighted by atomic mass is 16.5. The van der Waals surface area contributed by atoms with Gasteiger partial charge < -0.3 is 25.3 Å². The van der Waals surface area contributed by atoms with Crippen LogP contribution in [0.5, 0.6) is 5.88 Å². The molecule has 1 amide bonds. The Bertz CT molecular complexity index is 1470. The van der Waals surface area contributed by atoms with Crippen molar-refractivity contribution in [1.29, 1.82) is 0 Å². The number of aromatic amines is 1. The van der Waals surface area contributed by atoms with Gasteiger partial charge in [0.1, 0.15) is 5.69 Å². The number of hydrogen-bond acceptors (Lipinski definition) is 9. The smallest absolute Gasteiger partial charge is 0.256 e. The van der Waals surface area contributed by atoms with E-state index >= 15 is 0 Å². The zero-order valence-electron chi connectivity index (χ0n) is 23.3. The van der Waals surface area contributed by atoms with Gasteiger partial charge in [-0.3, -0.25) is 14.4 Å². The summed E-state index contributed by atoms with van der Waals surface area (Å²) in [6, 6.07) is 1.70. The number of hydrogen-bond donors (Lipinski definition) is 3. The molecule has 1 aliphatic heterocycles. The summed E-state index contributed by atoms with van der Waals surface area (Å²) in [6.07, 6.45) is 7.19. The average molecular weight is 533 g/mol. The Morgan fingerprint density at radius 2 is 1.92 bits per heavy atom. The SMILES string of the molecule is COc1nn(C)cc1Nc1ncc(C)c(-c2c[nH]c3c(NC(=O)C(C(C)C)N4CCN(C)CC4)nccc23)n1. The molecule has 1 atom stereocenters. The van der Waals surface area contributed by atoms with Gasteiger partial charge in [-0.25, -0.2) is 15.0 Å². The van der Waals surface area contributed by atoms with Crippen molar-refractivity contribution in [2.45, 2.75) is 26.8 Å². The molecule has 5 heterocycles. The molecule has 39 heavy (non-hydrogen) atoms. The van der Waals surface area contributed by atoms with Crippen molar-refractivity contribution in [3.05, 3.63) is 36.4 Å². The molecule has 12 nitrogen and oxygen atoms in total. The van der Waals surface area contributed by atoms with Crippen LogP contribution in [0.25, 0.3) is 22.2 Å². The van der Waals surface area contributed by atoms with Crippen molar-refractivity contribution in [3.63, 3.8) is 0 Å². The molecule has 0 spiro atoms. The van der Waals surface area contributed by atoms with Crippen molar-refractivity contribution in [2.75, 3.05) is 51.0 Å². The van der Waals surface area contributed by atoms with Crippen molar-refractivity contribution >= 4 is 34.3 Å². The first-order valence-corrected chi connectivity index (χ1v) is 13.1. The molecule has 4 aromatic heterocycles. The molecule has 5 rings (SSSR count). The molecule has 0 bridgehead atoms. The molecular formula is C27H36N10O2. The number of carbonyl (C=O) groups is 1. The molecule has 1 saturated heterocycles. The van der Waals surface area contributed by atoms with Crippen molar-refractivity contribution in [2.24, 2.45) is 13.0 Å². The first-order valence-electron chi connectivity index (χ1n) is 13.1. The maximum absolute atomic E-state index is 13.5. The minimum atomic E-state index is -0.229. The van der Waals surface area contributed by atoms with Crippen LogP contribution in [0, 0.1) is 12.8 Å². The van der Waals surface area contributed by atoms with Gasteiger partial charge in [0.15, 0.2) is 5.82 Å². The third kappa shape index (κ3) is 5.43. The van der Waals surface area contributed by atoms with E-state index in [0.29, 0.717) is 23.3 Å². The molecule has 4 aromatic rings. The van der Waals surface area contributed by atoms with Gasteiger partial charge in [0.25, 0.3) is 5.88 Å². The van der Waals surface area contributed by atoms with E-state index in [2.05, 4.69) is 61.4 Å². The van der Waals surface area contributed by atoms with E-state index in [1.165, 1.54) is 0 Å². The number of aryl methyl sites for hydroxylation is 2. The number of nitrogens with zero attached hydrogens (tertiary/aromatic N) is 7. The van der Waals surface area contributed by atoms with E-state index in [-0.39, 0.29) is 17.9 Å². The summed E-state index contributed by atoms with van der Waals surface area (Å²) in [4.78, 5) is 35.2. The predicted molar refractivity (Wildman–Crippen MR) is 151 cm³/mol. The Kier molecular flexibility index (Phi) is 7.49. The average Bonchev–Trinajstić information content (AvgIpc) is 3.49. The number of H-pyrrole nitrogens is 1. The fraction of sp³-hybridized carbons (Fsp3) is 0.444. The van der Waals surface area contributed by atoms with Crippen LogP contribution in [0.1, 0.15) is 19.4 Å². The second kappa shape index (κ2) is 11.0. The molecular weight excluding hydrogens is 496 g/mol. The van der Waals surface area contributed by atoms with Crippen LogP contribution in [0.4, 0.5) is 17.5 Å². The Labute approximate surface area is 227 Å². The highest BCUT2D eigenvalue weighted by molar-refractivity contribution is 6.05. The number of fused-ring (bicyclic) bond motifs is 1. The minimum Gasteiger partial charge on any atom is -0.478 e. The first kappa shape index (κ1) is 26.6. The molecule has 0 aromatic carbocycles. The lowest BCUT2D eigenvalue weighted by Gasteiger charge is -2.38. The third-order valence-electron chi connectivity index (χ3n) is 7.14. The van der Waals surface area contributed by atoms with Crippen LogP contribution in [-0.4, -0.2) is 91.8 Å². The summed E-state index contributed by atoms with van der Waals surface area (Å²) in [6.45, 7) is 9.79. The second-order valence-corrected chi connectivity index (χ2v) is 10.4. The number of piperazine rings is 1. The number of carbonyl (C=O) groups excluding carboxylic acids is 1. The van der Waals surface area contributed by atoms with Crippen LogP contribution in [0.2, 0.25) is 0 Å². The number of ether oxygens (including phenoxy) is 1. The van der Waals surface area contributed by atoms with E-state index in [1.807, 2.05) is 26.2 Å². The van der Waals surface area contributed by atoms with Crippen LogP contribution in [0.3, 0.4) is 0 Å². The Morgan fingerprint density at radius 3 is 2.64 bits per heavy atom. The van der Waals surface area contributed by atoms with Crippen LogP contribution in [-0.2, 0) is 11.8 Å². The Morgan fingerprint density at radius 1 is 1.15 bits per heavy atom. The third-order valence-corrected chi connectivity index (χ3v) is 7.14. The number of amides is 1. The van der Waals surface area contributed by atoms with E-state index in [4.69, 9.17) is 9.72 Å². The molecule has 0 radical (unpaired) electrons. The van der Waals surface area contributed by atoms with Gasteiger partial charge in [0.05, 0.1) is 30.6 Å². The molecule has 3 N–H and O–H groups in total. The summed E-state index contributed by atoms with van der Waals surface area (Å²) in [5, 5.41) is 11.5. The van der Waals surface area contributed by atoms with Crippen molar-refractivity contribution in [1.82, 2.24) is 39.5 Å². The van der Waals surface area contributed by atoms with Crippen LogP contribution >= 0.6 is 0 Å². The standard InChI is InChI=1S/C27H36N10O2/c1-16(2)23(37-11-9-35(4)10-12-37)25(38)33-24-22-18(7-8-28-24)19(14-29-22)21-17(3)13-30-27(32-21)31-20-15-36(5)34-26(20)39-6/h7-8,13-16,23,29H,9-12H2,1-6H3,(H,28,33,38)(H,30,31,32). The number of aromatic nitrogens is 6. The van der Waals surface area contributed by atoms with Gasteiger partial charge >= 0.3 is 0 Å². The fourth-order valence-electron chi connectivity index (χ4n) is 5.13. The quantitative estimate of drug-likeness (QED) is 0.314. The molecule has 1 unspecified atom stereocenters. The largest absolute Gasteiger partial charge is 0.478 e. The molecule has 12 heteroatoms. The lowest BCUT2D eigenvalue weighted by Crippen LogP contribution is -2.54. The van der Waals surface area contributed by atoms with E-state index in [9.17, 15) is 4.79 Å². The zero-order chi connectivity index (χ0) is 27.7. The van der Waals surface area contributed by atoms with E-state index < -0.39 is 0 Å². The molecule has 1 fully saturated rings.